The first-order valence-electron chi connectivity index (χ1n) is 12.0. The largest absolute Gasteiger partial charge is 0.497 e. The van der Waals surface area contributed by atoms with Crippen molar-refractivity contribution in [3.05, 3.63) is 52.6 Å². The van der Waals surface area contributed by atoms with Crippen LogP contribution in [0.4, 0.5) is 5.69 Å². The molecule has 36 heavy (non-hydrogen) atoms. The summed E-state index contributed by atoms with van der Waals surface area (Å²) in [6, 6.07) is 5.73. The summed E-state index contributed by atoms with van der Waals surface area (Å²) in [6.45, 7) is 1.02. The molecule has 4 rings (SSSR count). The van der Waals surface area contributed by atoms with Crippen LogP contribution in [0.1, 0.15) is 63.9 Å². The second-order valence-electron chi connectivity index (χ2n) is 8.83. The molecule has 2 aliphatic rings. The van der Waals surface area contributed by atoms with E-state index in [9.17, 15) is 14.4 Å². The Labute approximate surface area is 213 Å². The summed E-state index contributed by atoms with van der Waals surface area (Å²) in [4.78, 5) is 41.1. The number of benzene rings is 1. The minimum absolute atomic E-state index is 0.0561. The van der Waals surface area contributed by atoms with Gasteiger partial charge in [-0.15, -0.1) is 0 Å². The zero-order valence-corrected chi connectivity index (χ0v) is 21.0. The van der Waals surface area contributed by atoms with Crippen LogP contribution in [0.2, 0.25) is 0 Å². The van der Waals surface area contributed by atoms with Crippen LogP contribution in [0.5, 0.6) is 5.75 Å². The number of nitrogens with zero attached hydrogens (tertiary/aromatic N) is 2. The van der Waals surface area contributed by atoms with E-state index < -0.39 is 17.9 Å². The van der Waals surface area contributed by atoms with Gasteiger partial charge in [0, 0.05) is 13.2 Å². The van der Waals surface area contributed by atoms with Crippen LogP contribution in [0.3, 0.4) is 0 Å². The molecule has 1 fully saturated rings. The molecule has 1 aromatic heterocycles. The topological polar surface area (TPSA) is 150 Å². The lowest BCUT2D eigenvalue weighted by molar-refractivity contribution is -0.127. The number of carbonyl (C=O) groups excluding carboxylic acids is 3. The van der Waals surface area contributed by atoms with Gasteiger partial charge in [0.05, 0.1) is 24.9 Å². The monoisotopic (exact) mass is 513 g/mol. The van der Waals surface area contributed by atoms with E-state index >= 15 is 0 Å². The zero-order chi connectivity index (χ0) is 25.7. The van der Waals surface area contributed by atoms with Crippen LogP contribution in [0.15, 0.2) is 36.4 Å². The summed E-state index contributed by atoms with van der Waals surface area (Å²) in [7, 11) is 1.56. The second kappa shape index (κ2) is 11.5. The molecule has 11 heteroatoms. The fourth-order valence-corrected chi connectivity index (χ4v) is 5.32. The molecule has 1 aromatic carbocycles. The summed E-state index contributed by atoms with van der Waals surface area (Å²) in [5, 5.41) is 2.98. The Balaban J connectivity index is 1.74. The van der Waals surface area contributed by atoms with Crippen molar-refractivity contribution in [3.8, 4) is 5.75 Å². The van der Waals surface area contributed by atoms with Crippen molar-refractivity contribution in [1.29, 1.82) is 0 Å². The van der Waals surface area contributed by atoms with Crippen LogP contribution in [-0.2, 0) is 9.53 Å². The number of primary amides is 1. The van der Waals surface area contributed by atoms with Crippen molar-refractivity contribution >= 4 is 34.9 Å². The molecule has 1 saturated heterocycles. The van der Waals surface area contributed by atoms with Gasteiger partial charge in [0.25, 0.3) is 11.8 Å². The lowest BCUT2D eigenvalue weighted by Gasteiger charge is -2.37. The summed E-state index contributed by atoms with van der Waals surface area (Å²) in [6.07, 6.45) is 8.15. The highest BCUT2D eigenvalue weighted by Gasteiger charge is 2.38. The van der Waals surface area contributed by atoms with E-state index in [0.717, 1.165) is 37.2 Å². The first-order chi connectivity index (χ1) is 17.4. The Morgan fingerprint density at radius 3 is 2.61 bits per heavy atom. The number of nitrogen functional groups attached to an aromatic ring is 1. The number of nitrogens with one attached hydrogen (secondary N) is 1. The van der Waals surface area contributed by atoms with Gasteiger partial charge in [0.15, 0.2) is 5.69 Å². The molecular weight excluding hydrogens is 482 g/mol. The van der Waals surface area contributed by atoms with Gasteiger partial charge in [-0.25, -0.2) is 0 Å². The first-order valence-corrected chi connectivity index (χ1v) is 12.8. The number of anilines is 1. The molecule has 1 aliphatic carbocycles. The third-order valence-electron chi connectivity index (χ3n) is 6.46. The highest BCUT2D eigenvalue weighted by molar-refractivity contribution is 7.09. The Morgan fingerprint density at radius 1 is 1.25 bits per heavy atom. The maximum Gasteiger partial charge on any atom is 0.270 e. The zero-order valence-electron chi connectivity index (χ0n) is 20.1. The Hall–Kier alpha value is -3.44. The third kappa shape index (κ3) is 5.52. The van der Waals surface area contributed by atoms with Gasteiger partial charge in [0.2, 0.25) is 5.91 Å². The number of hydrogen-bond acceptors (Lipinski definition) is 8. The Bertz CT molecular complexity index is 1130. The van der Waals surface area contributed by atoms with Gasteiger partial charge in [0.1, 0.15) is 16.7 Å². The predicted octanol–water partition coefficient (Wildman–Crippen LogP) is 2.42. The van der Waals surface area contributed by atoms with Crippen molar-refractivity contribution in [2.24, 2.45) is 5.73 Å². The van der Waals surface area contributed by atoms with Gasteiger partial charge < -0.3 is 31.2 Å². The molecule has 192 valence electrons. The summed E-state index contributed by atoms with van der Waals surface area (Å²) < 4.78 is 14.9. The SMILES string of the molecule is COc1ccc(C(C(=O)NCC2CCCO2)N(C(=O)c2snc(C(N)=O)c2N)C2C=CCCC2)cc1. The standard InChI is InChI=1S/C25H31N5O5S/c1-34-17-11-9-15(10-12-17)21(24(32)28-14-18-8-5-13-35-18)30(16-6-3-2-4-7-16)25(33)22-19(26)20(23(27)31)29-36-22/h3,6,9-12,16,18,21H,2,4-5,7-8,13-14,26H2,1H3,(H2,27,31)(H,28,32). The van der Waals surface area contributed by atoms with Crippen molar-refractivity contribution in [3.63, 3.8) is 0 Å². The van der Waals surface area contributed by atoms with Crippen LogP contribution in [-0.4, -0.2) is 59.4 Å². The highest BCUT2D eigenvalue weighted by Crippen LogP contribution is 2.34. The van der Waals surface area contributed by atoms with Crippen LogP contribution < -0.4 is 21.5 Å². The summed E-state index contributed by atoms with van der Waals surface area (Å²) in [5.41, 5.74) is 11.9. The first kappa shape index (κ1) is 25.6. The van der Waals surface area contributed by atoms with Crippen LogP contribution >= 0.6 is 11.5 Å². The van der Waals surface area contributed by atoms with Crippen molar-refractivity contribution in [2.45, 2.75) is 50.3 Å². The van der Waals surface area contributed by atoms with Crippen LogP contribution in [0, 0.1) is 0 Å². The maximum atomic E-state index is 14.0. The third-order valence-corrected chi connectivity index (χ3v) is 7.31. The minimum atomic E-state index is -0.962. The van der Waals surface area contributed by atoms with Gasteiger partial charge in [-0.1, -0.05) is 24.3 Å². The van der Waals surface area contributed by atoms with Crippen molar-refractivity contribution < 1.29 is 23.9 Å². The number of ether oxygens (including phenoxy) is 2. The average Bonchev–Trinajstić information content (AvgIpc) is 3.56. The second-order valence-corrected chi connectivity index (χ2v) is 9.61. The highest BCUT2D eigenvalue weighted by atomic mass is 32.1. The molecule has 2 heterocycles. The molecule has 0 spiro atoms. The van der Waals surface area contributed by atoms with Crippen LogP contribution in [0.25, 0.3) is 0 Å². The maximum absolute atomic E-state index is 14.0. The number of allylic oxidation sites excluding steroid dienone is 1. The fraction of sp³-hybridized carbons (Fsp3) is 0.440. The number of hydrogen-bond donors (Lipinski definition) is 3. The van der Waals surface area contributed by atoms with E-state index in [1.54, 1.807) is 31.4 Å². The Morgan fingerprint density at radius 2 is 2.03 bits per heavy atom. The molecular formula is C25H31N5O5S. The summed E-state index contributed by atoms with van der Waals surface area (Å²) >= 11 is 0.806. The number of nitrogens with two attached hydrogens (primary N) is 2. The van der Waals surface area contributed by atoms with Gasteiger partial charge in [-0.05, 0) is 61.3 Å². The molecule has 0 radical (unpaired) electrons. The van der Waals surface area contributed by atoms with E-state index in [1.165, 1.54) is 4.90 Å². The normalized spacial score (nSPS) is 20.0. The molecule has 1 aliphatic heterocycles. The van der Waals surface area contributed by atoms with Gasteiger partial charge in [-0.2, -0.15) is 4.37 Å². The lowest BCUT2D eigenvalue weighted by Crippen LogP contribution is -2.49. The fourth-order valence-electron chi connectivity index (χ4n) is 4.57. The van der Waals surface area contributed by atoms with Crippen molar-refractivity contribution in [2.75, 3.05) is 26.0 Å². The lowest BCUT2D eigenvalue weighted by atomic mass is 9.95. The number of carbonyl (C=O) groups is 3. The molecule has 10 nitrogen and oxygen atoms in total. The van der Waals surface area contributed by atoms with Gasteiger partial charge >= 0.3 is 0 Å². The Kier molecular flexibility index (Phi) is 8.21. The van der Waals surface area contributed by atoms with E-state index in [2.05, 4.69) is 9.69 Å². The quantitative estimate of drug-likeness (QED) is 0.436. The molecule has 0 bridgehead atoms. The van der Waals surface area contributed by atoms with E-state index in [-0.39, 0.29) is 34.3 Å². The predicted molar refractivity (Wildman–Crippen MR) is 136 cm³/mol. The van der Waals surface area contributed by atoms with Crippen molar-refractivity contribution in [1.82, 2.24) is 14.6 Å². The minimum Gasteiger partial charge on any atom is -0.497 e. The molecule has 3 unspecified atom stereocenters. The van der Waals surface area contributed by atoms with E-state index in [1.807, 2.05) is 12.2 Å². The molecule has 3 amide bonds. The number of amides is 3. The summed E-state index contributed by atoms with van der Waals surface area (Å²) in [5.74, 6) is -0.998. The van der Waals surface area contributed by atoms with Gasteiger partial charge in [-0.3, -0.25) is 14.4 Å². The molecule has 3 atom stereocenters. The number of rotatable bonds is 9. The molecule has 0 saturated carbocycles. The van der Waals surface area contributed by atoms with E-state index in [0.29, 0.717) is 30.9 Å². The molecule has 5 N–H and O–H groups in total. The smallest absolute Gasteiger partial charge is 0.270 e. The average molecular weight is 514 g/mol. The molecule has 2 aromatic rings. The van der Waals surface area contributed by atoms with E-state index in [4.69, 9.17) is 20.9 Å². The number of methoxy groups -OCH3 is 1. The number of aromatic nitrogens is 1.